The number of benzene rings is 2. The Labute approximate surface area is 171 Å². The first-order valence-electron chi connectivity index (χ1n) is 9.75. The van der Waals surface area contributed by atoms with Crippen molar-refractivity contribution in [2.24, 2.45) is 0 Å². The maximum Gasteiger partial charge on any atom is 0.251 e. The van der Waals surface area contributed by atoms with E-state index >= 15 is 0 Å². The molecule has 0 radical (unpaired) electrons. The molecule has 2 aromatic rings. The zero-order chi connectivity index (χ0) is 20.6. The highest BCUT2D eigenvalue weighted by Gasteiger charge is 2.13. The number of rotatable bonds is 7. The summed E-state index contributed by atoms with van der Waals surface area (Å²) >= 11 is 0. The minimum Gasteiger partial charge on any atom is -0.497 e. The second kappa shape index (κ2) is 9.82. The third-order valence-corrected chi connectivity index (χ3v) is 4.90. The summed E-state index contributed by atoms with van der Waals surface area (Å²) in [6, 6.07) is 12.7. The molecule has 1 saturated heterocycles. The van der Waals surface area contributed by atoms with Crippen molar-refractivity contribution in [1.29, 1.82) is 0 Å². The lowest BCUT2D eigenvalue weighted by molar-refractivity contribution is -0.115. The summed E-state index contributed by atoms with van der Waals surface area (Å²) in [6.07, 6.45) is 3.73. The smallest absolute Gasteiger partial charge is 0.251 e. The van der Waals surface area contributed by atoms with E-state index in [1.54, 1.807) is 18.2 Å². The Bertz CT molecular complexity index is 823. The molecule has 7 nitrogen and oxygen atoms in total. The lowest BCUT2D eigenvalue weighted by atomic mass is 10.1. The number of nitrogens with one attached hydrogen (secondary N) is 2. The molecule has 1 aliphatic rings. The van der Waals surface area contributed by atoms with Gasteiger partial charge in [-0.25, -0.2) is 0 Å². The lowest BCUT2D eigenvalue weighted by Crippen LogP contribution is -2.33. The molecule has 2 amide bonds. The van der Waals surface area contributed by atoms with Crippen LogP contribution < -0.4 is 25.0 Å². The van der Waals surface area contributed by atoms with Gasteiger partial charge in [-0.15, -0.1) is 0 Å². The average Bonchev–Trinajstić information content (AvgIpc) is 2.78. The van der Waals surface area contributed by atoms with Crippen molar-refractivity contribution in [3.05, 3.63) is 48.0 Å². The van der Waals surface area contributed by atoms with Crippen molar-refractivity contribution in [1.82, 2.24) is 5.32 Å². The highest BCUT2D eigenvalue weighted by Crippen LogP contribution is 2.23. The number of amides is 2. The number of ether oxygens (including phenoxy) is 2. The summed E-state index contributed by atoms with van der Waals surface area (Å²) in [6.45, 7) is 2.02. The molecule has 29 heavy (non-hydrogen) atoms. The highest BCUT2D eigenvalue weighted by atomic mass is 16.5. The fraction of sp³-hybridized carbons (Fsp3) is 0.364. The summed E-state index contributed by atoms with van der Waals surface area (Å²) in [7, 11) is 3.03. The van der Waals surface area contributed by atoms with Crippen LogP contribution in [0, 0.1) is 0 Å². The summed E-state index contributed by atoms with van der Waals surface area (Å²) in [5, 5.41) is 5.42. The molecule has 2 aromatic carbocycles. The van der Waals surface area contributed by atoms with E-state index in [1.807, 2.05) is 24.3 Å². The van der Waals surface area contributed by atoms with Gasteiger partial charge in [0.15, 0.2) is 0 Å². The van der Waals surface area contributed by atoms with Crippen LogP contribution in [0.2, 0.25) is 0 Å². The minimum atomic E-state index is -0.377. The van der Waals surface area contributed by atoms with Crippen LogP contribution in [0.3, 0.4) is 0 Å². The van der Waals surface area contributed by atoms with Gasteiger partial charge in [0, 0.05) is 36.1 Å². The third-order valence-electron chi connectivity index (χ3n) is 4.90. The molecule has 0 spiro atoms. The first-order valence-corrected chi connectivity index (χ1v) is 9.75. The molecule has 3 rings (SSSR count). The van der Waals surface area contributed by atoms with Gasteiger partial charge in [-0.05, 0) is 55.7 Å². The molecule has 1 fully saturated rings. The van der Waals surface area contributed by atoms with E-state index in [1.165, 1.54) is 39.2 Å². The standard InChI is InChI=1S/C22H27N3O4/c1-28-19-12-16(13-20(14-19)29-2)22(27)23-15-21(26)24-17-6-8-18(9-7-17)25-10-4-3-5-11-25/h6-9,12-14H,3-5,10-11,15H2,1-2H3,(H,23,27)(H,24,26). The molecule has 0 aromatic heterocycles. The topological polar surface area (TPSA) is 79.9 Å². The van der Waals surface area contributed by atoms with Gasteiger partial charge in [0.2, 0.25) is 5.91 Å². The second-order valence-corrected chi connectivity index (χ2v) is 6.93. The van der Waals surface area contributed by atoms with Crippen molar-refractivity contribution in [2.45, 2.75) is 19.3 Å². The van der Waals surface area contributed by atoms with Gasteiger partial charge in [-0.3, -0.25) is 9.59 Å². The van der Waals surface area contributed by atoms with Gasteiger partial charge in [0.1, 0.15) is 11.5 Å². The average molecular weight is 397 g/mol. The van der Waals surface area contributed by atoms with Gasteiger partial charge in [0.05, 0.1) is 20.8 Å². The molecular weight excluding hydrogens is 370 g/mol. The van der Waals surface area contributed by atoms with E-state index in [4.69, 9.17) is 9.47 Å². The Morgan fingerprint density at radius 3 is 2.14 bits per heavy atom. The van der Waals surface area contributed by atoms with E-state index < -0.39 is 0 Å². The number of methoxy groups -OCH3 is 2. The van der Waals surface area contributed by atoms with Crippen molar-refractivity contribution in [3.8, 4) is 11.5 Å². The number of nitrogens with zero attached hydrogens (tertiary/aromatic N) is 1. The molecule has 0 unspecified atom stereocenters. The summed E-state index contributed by atoms with van der Waals surface area (Å²) in [5.74, 6) is 0.345. The Balaban J connectivity index is 1.52. The minimum absolute atomic E-state index is 0.133. The van der Waals surface area contributed by atoms with E-state index in [-0.39, 0.29) is 18.4 Å². The van der Waals surface area contributed by atoms with Crippen molar-refractivity contribution < 1.29 is 19.1 Å². The Hall–Kier alpha value is -3.22. The predicted octanol–water partition coefficient (Wildman–Crippen LogP) is 3.06. The fourth-order valence-electron chi connectivity index (χ4n) is 3.31. The van der Waals surface area contributed by atoms with Crippen LogP contribution in [0.4, 0.5) is 11.4 Å². The molecule has 1 heterocycles. The monoisotopic (exact) mass is 397 g/mol. The van der Waals surface area contributed by atoms with E-state index in [0.29, 0.717) is 22.7 Å². The summed E-state index contributed by atoms with van der Waals surface area (Å²) in [5.41, 5.74) is 2.23. The Kier molecular flexibility index (Phi) is 6.94. The molecule has 0 aliphatic carbocycles. The first-order chi connectivity index (χ1) is 14.1. The van der Waals surface area contributed by atoms with E-state index in [0.717, 1.165) is 13.1 Å². The maximum absolute atomic E-state index is 12.3. The maximum atomic E-state index is 12.3. The molecule has 1 aliphatic heterocycles. The SMILES string of the molecule is COc1cc(OC)cc(C(=O)NCC(=O)Nc2ccc(N3CCCCC3)cc2)c1. The molecular formula is C22H27N3O4. The molecule has 2 N–H and O–H groups in total. The van der Waals surface area contributed by atoms with Gasteiger partial charge >= 0.3 is 0 Å². The molecule has 0 atom stereocenters. The van der Waals surface area contributed by atoms with Crippen molar-refractivity contribution in [3.63, 3.8) is 0 Å². The molecule has 0 saturated carbocycles. The second-order valence-electron chi connectivity index (χ2n) is 6.93. The van der Waals surface area contributed by atoms with Gasteiger partial charge in [-0.2, -0.15) is 0 Å². The van der Waals surface area contributed by atoms with Crippen LogP contribution >= 0.6 is 0 Å². The zero-order valence-corrected chi connectivity index (χ0v) is 16.9. The fourth-order valence-corrected chi connectivity index (χ4v) is 3.31. The number of carbonyl (C=O) groups excluding carboxylic acids is 2. The zero-order valence-electron chi connectivity index (χ0n) is 16.9. The summed E-state index contributed by atoms with van der Waals surface area (Å²) in [4.78, 5) is 26.9. The number of hydrogen-bond acceptors (Lipinski definition) is 5. The van der Waals surface area contributed by atoms with Crippen LogP contribution in [0.5, 0.6) is 11.5 Å². The van der Waals surface area contributed by atoms with Crippen LogP contribution in [-0.4, -0.2) is 45.7 Å². The van der Waals surface area contributed by atoms with Gasteiger partial charge in [0.25, 0.3) is 5.91 Å². The van der Waals surface area contributed by atoms with Crippen LogP contribution in [0.15, 0.2) is 42.5 Å². The van der Waals surface area contributed by atoms with Crippen LogP contribution in [0.25, 0.3) is 0 Å². The predicted molar refractivity (Wildman–Crippen MR) is 113 cm³/mol. The normalized spacial score (nSPS) is 13.5. The van der Waals surface area contributed by atoms with Gasteiger partial charge in [-0.1, -0.05) is 0 Å². The number of hydrogen-bond donors (Lipinski definition) is 2. The van der Waals surface area contributed by atoms with E-state index in [9.17, 15) is 9.59 Å². The Morgan fingerprint density at radius 1 is 0.931 bits per heavy atom. The van der Waals surface area contributed by atoms with E-state index in [2.05, 4.69) is 15.5 Å². The van der Waals surface area contributed by atoms with Crippen LogP contribution in [-0.2, 0) is 4.79 Å². The molecule has 0 bridgehead atoms. The molecule has 154 valence electrons. The quantitative estimate of drug-likeness (QED) is 0.751. The number of anilines is 2. The molecule has 7 heteroatoms. The Morgan fingerprint density at radius 2 is 1.55 bits per heavy atom. The van der Waals surface area contributed by atoms with Crippen molar-refractivity contribution >= 4 is 23.2 Å². The lowest BCUT2D eigenvalue weighted by Gasteiger charge is -2.28. The largest absolute Gasteiger partial charge is 0.497 e. The number of piperidine rings is 1. The summed E-state index contributed by atoms with van der Waals surface area (Å²) < 4.78 is 10.3. The first kappa shape index (κ1) is 20.5. The van der Waals surface area contributed by atoms with Crippen LogP contribution in [0.1, 0.15) is 29.6 Å². The van der Waals surface area contributed by atoms with Gasteiger partial charge < -0.3 is 25.0 Å². The highest BCUT2D eigenvalue weighted by molar-refractivity contribution is 5.99. The third kappa shape index (κ3) is 5.63. The van der Waals surface area contributed by atoms with Crippen molar-refractivity contribution in [2.75, 3.05) is 44.1 Å². The number of carbonyl (C=O) groups is 2.